The summed E-state index contributed by atoms with van der Waals surface area (Å²) in [5.74, 6) is -0.120. The molecule has 0 radical (unpaired) electrons. The minimum Gasteiger partial charge on any atom is -0.392 e. The molecule has 13 heavy (non-hydrogen) atoms. The second kappa shape index (κ2) is 4.80. The van der Waals surface area contributed by atoms with E-state index in [0.29, 0.717) is 6.42 Å². The van der Waals surface area contributed by atoms with Crippen molar-refractivity contribution in [3.8, 4) is 6.07 Å². The number of ether oxygens (including phenoxy) is 1. The number of hydrogen-bond donors (Lipinski definition) is 1. The van der Waals surface area contributed by atoms with Crippen molar-refractivity contribution in [3.63, 3.8) is 0 Å². The van der Waals surface area contributed by atoms with Gasteiger partial charge in [-0.25, -0.2) is 0 Å². The van der Waals surface area contributed by atoms with E-state index in [1.54, 1.807) is 18.2 Å². The Balaban J connectivity index is 2.58. The molecule has 0 unspecified atom stereocenters. The molecule has 1 aliphatic heterocycles. The molecule has 1 N–H and O–H groups in total. The number of hydrogen-bond acceptors (Lipinski definition) is 3. The van der Waals surface area contributed by atoms with E-state index in [0.717, 1.165) is 0 Å². The Bertz CT molecular complexity index is 242. The Hall–Kier alpha value is -1.11. The van der Waals surface area contributed by atoms with Crippen LogP contribution in [0.5, 0.6) is 0 Å². The highest BCUT2D eigenvalue weighted by molar-refractivity contribution is 5.07. The molecule has 1 heterocycles. The van der Waals surface area contributed by atoms with E-state index >= 15 is 0 Å². The van der Waals surface area contributed by atoms with Gasteiger partial charge in [-0.05, 0) is 6.42 Å². The van der Waals surface area contributed by atoms with Crippen LogP contribution in [0.2, 0.25) is 0 Å². The lowest BCUT2D eigenvalue weighted by molar-refractivity contribution is 0.0943. The zero-order valence-electron chi connectivity index (χ0n) is 7.39. The van der Waals surface area contributed by atoms with Crippen LogP contribution in [0.1, 0.15) is 6.42 Å². The van der Waals surface area contributed by atoms with Crippen LogP contribution in [0.25, 0.3) is 0 Å². The number of rotatable bonds is 3. The lowest BCUT2D eigenvalue weighted by atomic mass is 10.0. The molecule has 70 valence electrons. The minimum atomic E-state index is -0.194. The van der Waals surface area contributed by atoms with Crippen molar-refractivity contribution in [1.29, 1.82) is 5.26 Å². The van der Waals surface area contributed by atoms with Crippen molar-refractivity contribution in [1.82, 2.24) is 0 Å². The molecule has 0 aliphatic carbocycles. The summed E-state index contributed by atoms with van der Waals surface area (Å²) in [6.45, 7) is 3.60. The van der Waals surface area contributed by atoms with Crippen molar-refractivity contribution < 1.29 is 9.84 Å². The Morgan fingerprint density at radius 2 is 2.46 bits per heavy atom. The summed E-state index contributed by atoms with van der Waals surface area (Å²) in [6, 6.07) is 2.18. The number of aliphatic hydroxyl groups is 1. The predicted molar refractivity (Wildman–Crippen MR) is 48.8 cm³/mol. The Labute approximate surface area is 77.9 Å². The van der Waals surface area contributed by atoms with Crippen molar-refractivity contribution in [2.45, 2.75) is 18.6 Å². The predicted octanol–water partition coefficient (Wildman–Crippen LogP) is 1.02. The van der Waals surface area contributed by atoms with Gasteiger partial charge in [-0.1, -0.05) is 18.2 Å². The zero-order chi connectivity index (χ0) is 9.68. The third-order valence-corrected chi connectivity index (χ3v) is 2.07. The van der Waals surface area contributed by atoms with E-state index in [-0.39, 0.29) is 24.7 Å². The number of nitriles is 1. The van der Waals surface area contributed by atoms with E-state index in [1.807, 2.05) is 0 Å². The van der Waals surface area contributed by atoms with Crippen LogP contribution in [-0.4, -0.2) is 23.9 Å². The summed E-state index contributed by atoms with van der Waals surface area (Å²) in [5, 5.41) is 17.4. The average Bonchev–Trinajstić information content (AvgIpc) is 2.57. The van der Waals surface area contributed by atoms with E-state index in [1.165, 1.54) is 0 Å². The normalized spacial score (nSPS) is 33.4. The molecule has 1 fully saturated rings. The van der Waals surface area contributed by atoms with Crippen molar-refractivity contribution in [2.75, 3.05) is 6.61 Å². The van der Waals surface area contributed by atoms with Crippen LogP contribution in [-0.2, 0) is 4.74 Å². The lowest BCUT2D eigenvalue weighted by Crippen LogP contribution is -2.11. The van der Waals surface area contributed by atoms with Gasteiger partial charge in [0.05, 0.1) is 30.8 Å². The van der Waals surface area contributed by atoms with Crippen LogP contribution in [0, 0.1) is 17.2 Å². The Morgan fingerprint density at radius 3 is 3.00 bits per heavy atom. The summed E-state index contributed by atoms with van der Waals surface area (Å²) >= 11 is 0. The van der Waals surface area contributed by atoms with Gasteiger partial charge < -0.3 is 9.84 Å². The van der Waals surface area contributed by atoms with Gasteiger partial charge in [0.25, 0.3) is 0 Å². The fraction of sp³-hybridized carbons (Fsp3) is 0.500. The maximum absolute atomic E-state index is 8.79. The highest BCUT2D eigenvalue weighted by Crippen LogP contribution is 2.27. The van der Waals surface area contributed by atoms with Crippen molar-refractivity contribution in [2.24, 2.45) is 5.92 Å². The van der Waals surface area contributed by atoms with Gasteiger partial charge in [0, 0.05) is 0 Å². The fourth-order valence-corrected chi connectivity index (χ4v) is 1.39. The molecule has 0 spiro atoms. The maximum Gasteiger partial charge on any atom is 0.0923 e. The van der Waals surface area contributed by atoms with E-state index in [2.05, 4.69) is 12.6 Å². The molecule has 1 saturated heterocycles. The van der Waals surface area contributed by atoms with Gasteiger partial charge >= 0.3 is 0 Å². The molecular weight excluding hydrogens is 166 g/mol. The van der Waals surface area contributed by atoms with E-state index in [9.17, 15) is 0 Å². The van der Waals surface area contributed by atoms with E-state index in [4.69, 9.17) is 15.1 Å². The van der Waals surface area contributed by atoms with E-state index < -0.39 is 0 Å². The molecule has 3 atom stereocenters. The molecule has 0 aromatic carbocycles. The molecule has 0 bridgehead atoms. The largest absolute Gasteiger partial charge is 0.392 e. The molecule has 0 aromatic heterocycles. The first kappa shape index (κ1) is 9.97. The molecule has 3 heteroatoms. The molecule has 0 saturated carbocycles. The molecule has 0 amide bonds. The average molecular weight is 179 g/mol. The third kappa shape index (κ3) is 2.41. The summed E-state index contributed by atoms with van der Waals surface area (Å²) < 4.78 is 5.48. The summed E-state index contributed by atoms with van der Waals surface area (Å²) in [4.78, 5) is 0. The molecule has 1 rings (SSSR count). The van der Waals surface area contributed by atoms with Crippen LogP contribution in [0.3, 0.4) is 0 Å². The SMILES string of the molecule is C=C[C@@H]1C[C@@H](C#N)[C@H](/C=C\CO)O1. The fourth-order valence-electron chi connectivity index (χ4n) is 1.39. The molecular formula is C10H13NO2. The third-order valence-electron chi connectivity index (χ3n) is 2.07. The first-order valence-electron chi connectivity index (χ1n) is 4.27. The van der Waals surface area contributed by atoms with Crippen molar-refractivity contribution in [3.05, 3.63) is 24.8 Å². The quantitative estimate of drug-likeness (QED) is 0.658. The Kier molecular flexibility index (Phi) is 3.69. The summed E-state index contributed by atoms with van der Waals surface area (Å²) in [5.41, 5.74) is 0. The van der Waals surface area contributed by atoms with Gasteiger partial charge in [0.15, 0.2) is 0 Å². The summed E-state index contributed by atoms with van der Waals surface area (Å²) in [7, 11) is 0. The monoisotopic (exact) mass is 179 g/mol. The molecule has 1 aliphatic rings. The second-order valence-electron chi connectivity index (χ2n) is 2.96. The van der Waals surface area contributed by atoms with Gasteiger partial charge in [-0.2, -0.15) is 5.26 Å². The summed E-state index contributed by atoms with van der Waals surface area (Å²) in [6.07, 6.45) is 5.51. The standard InChI is InChI=1S/C10H13NO2/c1-2-9-6-8(7-11)10(13-9)4-3-5-12/h2-4,8-10,12H,1,5-6H2/b4-3-/t8-,9+,10-/m0/s1. The number of nitrogens with zero attached hydrogens (tertiary/aromatic N) is 1. The Morgan fingerprint density at radius 1 is 1.69 bits per heavy atom. The highest BCUT2D eigenvalue weighted by Gasteiger charge is 2.31. The minimum absolute atomic E-state index is 0.0171. The van der Waals surface area contributed by atoms with Gasteiger partial charge in [-0.3, -0.25) is 0 Å². The van der Waals surface area contributed by atoms with Crippen LogP contribution < -0.4 is 0 Å². The lowest BCUT2D eigenvalue weighted by Gasteiger charge is -2.07. The first-order chi connectivity index (χ1) is 6.31. The zero-order valence-corrected chi connectivity index (χ0v) is 7.39. The first-order valence-corrected chi connectivity index (χ1v) is 4.27. The van der Waals surface area contributed by atoms with Crippen molar-refractivity contribution >= 4 is 0 Å². The highest BCUT2D eigenvalue weighted by atomic mass is 16.5. The van der Waals surface area contributed by atoms with Crippen LogP contribution >= 0.6 is 0 Å². The maximum atomic E-state index is 8.79. The van der Waals surface area contributed by atoms with Crippen LogP contribution in [0.15, 0.2) is 24.8 Å². The molecule has 3 nitrogen and oxygen atoms in total. The van der Waals surface area contributed by atoms with Gasteiger partial charge in [-0.15, -0.1) is 6.58 Å². The topological polar surface area (TPSA) is 53.2 Å². The molecule has 0 aromatic rings. The van der Waals surface area contributed by atoms with Gasteiger partial charge in [0.1, 0.15) is 0 Å². The second-order valence-corrected chi connectivity index (χ2v) is 2.96. The number of aliphatic hydroxyl groups excluding tert-OH is 1. The smallest absolute Gasteiger partial charge is 0.0923 e. The van der Waals surface area contributed by atoms with Crippen LogP contribution in [0.4, 0.5) is 0 Å². The van der Waals surface area contributed by atoms with Gasteiger partial charge in [0.2, 0.25) is 0 Å².